The number of carbonyl (C=O) groups excluding carboxylic acids is 3. The van der Waals surface area contributed by atoms with Crippen LogP contribution in [0.2, 0.25) is 0 Å². The number of carboxylic acids is 1. The third kappa shape index (κ3) is 5.68. The van der Waals surface area contributed by atoms with Gasteiger partial charge in [0.05, 0.1) is 0 Å². The Morgan fingerprint density at radius 3 is 2.70 bits per heavy atom. The van der Waals surface area contributed by atoms with Gasteiger partial charge >= 0.3 is 12.0 Å². The van der Waals surface area contributed by atoms with Crippen LogP contribution in [0.3, 0.4) is 0 Å². The van der Waals surface area contributed by atoms with Gasteiger partial charge < -0.3 is 15.7 Å². The van der Waals surface area contributed by atoms with Crippen molar-refractivity contribution in [3.63, 3.8) is 0 Å². The van der Waals surface area contributed by atoms with E-state index in [1.807, 2.05) is 0 Å². The van der Waals surface area contributed by atoms with E-state index in [4.69, 9.17) is 5.11 Å². The Morgan fingerprint density at radius 1 is 1.40 bits per heavy atom. The molecule has 1 rings (SSSR count). The fourth-order valence-corrected chi connectivity index (χ4v) is 1.97. The number of amides is 4. The summed E-state index contributed by atoms with van der Waals surface area (Å²) < 4.78 is 0. The van der Waals surface area contributed by atoms with Crippen molar-refractivity contribution >= 4 is 23.8 Å². The van der Waals surface area contributed by atoms with E-state index < -0.39 is 23.9 Å². The highest BCUT2D eigenvalue weighted by Gasteiger charge is 2.24. The number of nitrogens with one attached hydrogen (secondary N) is 3. The Morgan fingerprint density at radius 2 is 2.10 bits per heavy atom. The molecule has 8 nitrogen and oxygen atoms in total. The lowest BCUT2D eigenvalue weighted by molar-refractivity contribution is -0.138. The summed E-state index contributed by atoms with van der Waals surface area (Å²) in [5.41, 5.74) is 0. The molecule has 2 unspecified atom stereocenters. The Balaban J connectivity index is 2.32. The van der Waals surface area contributed by atoms with Crippen molar-refractivity contribution in [2.24, 2.45) is 5.92 Å². The highest BCUT2D eigenvalue weighted by Crippen LogP contribution is 2.07. The SMILES string of the molecule is CC(CC(=O)O)CC(=O)NC(=O)NC1CCCNC1=O. The summed E-state index contributed by atoms with van der Waals surface area (Å²) in [6.45, 7) is 2.20. The highest BCUT2D eigenvalue weighted by atomic mass is 16.4. The number of imide groups is 1. The van der Waals surface area contributed by atoms with Crippen LogP contribution in [-0.2, 0) is 14.4 Å². The van der Waals surface area contributed by atoms with Gasteiger partial charge in [-0.3, -0.25) is 19.7 Å². The van der Waals surface area contributed by atoms with Gasteiger partial charge in [-0.15, -0.1) is 0 Å². The molecule has 1 fully saturated rings. The highest BCUT2D eigenvalue weighted by molar-refractivity contribution is 5.96. The summed E-state index contributed by atoms with van der Waals surface area (Å²) in [7, 11) is 0. The second kappa shape index (κ2) is 7.46. The molecular formula is C12H19N3O5. The summed E-state index contributed by atoms with van der Waals surface area (Å²) in [6, 6.07) is -1.37. The molecule has 0 bridgehead atoms. The Bertz CT molecular complexity index is 410. The summed E-state index contributed by atoms with van der Waals surface area (Å²) in [6.07, 6.45) is 1.10. The van der Waals surface area contributed by atoms with Crippen LogP contribution in [-0.4, -0.2) is 41.5 Å². The van der Waals surface area contributed by atoms with Crippen molar-refractivity contribution in [1.29, 1.82) is 0 Å². The average molecular weight is 285 g/mol. The minimum absolute atomic E-state index is 0.0589. The van der Waals surface area contributed by atoms with Gasteiger partial charge in [0.15, 0.2) is 0 Å². The van der Waals surface area contributed by atoms with Crippen LogP contribution in [0, 0.1) is 5.92 Å². The predicted octanol–water partition coefficient (Wildman–Crippen LogP) is -0.408. The number of rotatable bonds is 5. The summed E-state index contributed by atoms with van der Waals surface area (Å²) >= 11 is 0. The van der Waals surface area contributed by atoms with Gasteiger partial charge in [-0.05, 0) is 18.8 Å². The Labute approximate surface area is 116 Å². The van der Waals surface area contributed by atoms with E-state index in [0.717, 1.165) is 6.42 Å². The molecule has 1 heterocycles. The zero-order chi connectivity index (χ0) is 15.1. The molecule has 112 valence electrons. The zero-order valence-corrected chi connectivity index (χ0v) is 11.3. The summed E-state index contributed by atoms with van der Waals surface area (Å²) in [4.78, 5) is 44.9. The van der Waals surface area contributed by atoms with Gasteiger partial charge in [-0.25, -0.2) is 4.79 Å². The zero-order valence-electron chi connectivity index (χ0n) is 11.3. The van der Waals surface area contributed by atoms with E-state index in [-0.39, 0.29) is 24.7 Å². The first-order valence-corrected chi connectivity index (χ1v) is 6.48. The molecule has 4 N–H and O–H groups in total. The molecule has 0 aromatic carbocycles. The van der Waals surface area contributed by atoms with Gasteiger partial charge in [-0.2, -0.15) is 0 Å². The van der Waals surface area contributed by atoms with Gasteiger partial charge in [0.25, 0.3) is 0 Å². The number of aliphatic carboxylic acids is 1. The maximum atomic E-state index is 11.5. The first kappa shape index (κ1) is 15.9. The molecule has 2 atom stereocenters. The Kier molecular flexibility index (Phi) is 5.95. The van der Waals surface area contributed by atoms with Gasteiger partial charge in [0.2, 0.25) is 11.8 Å². The Hall–Kier alpha value is -2.12. The van der Waals surface area contributed by atoms with E-state index >= 15 is 0 Å². The van der Waals surface area contributed by atoms with Crippen molar-refractivity contribution in [1.82, 2.24) is 16.0 Å². The number of carbonyl (C=O) groups is 4. The van der Waals surface area contributed by atoms with Gasteiger partial charge in [0.1, 0.15) is 6.04 Å². The van der Waals surface area contributed by atoms with Crippen LogP contribution in [0.4, 0.5) is 4.79 Å². The second-order valence-corrected chi connectivity index (χ2v) is 4.91. The monoisotopic (exact) mass is 285 g/mol. The van der Waals surface area contributed by atoms with Crippen LogP contribution in [0.25, 0.3) is 0 Å². The number of hydrogen-bond donors (Lipinski definition) is 4. The van der Waals surface area contributed by atoms with Gasteiger partial charge in [0, 0.05) is 19.4 Å². The van der Waals surface area contributed by atoms with Crippen LogP contribution in [0.15, 0.2) is 0 Å². The molecule has 0 radical (unpaired) electrons. The van der Waals surface area contributed by atoms with Crippen molar-refractivity contribution < 1.29 is 24.3 Å². The van der Waals surface area contributed by atoms with Crippen molar-refractivity contribution in [3.8, 4) is 0 Å². The number of urea groups is 1. The molecule has 1 saturated heterocycles. The minimum atomic E-state index is -0.992. The van der Waals surface area contributed by atoms with Crippen molar-refractivity contribution in [2.45, 2.75) is 38.6 Å². The third-order valence-electron chi connectivity index (χ3n) is 2.90. The van der Waals surface area contributed by atoms with Crippen LogP contribution in [0.5, 0.6) is 0 Å². The number of hydrogen-bond acceptors (Lipinski definition) is 4. The molecule has 4 amide bonds. The minimum Gasteiger partial charge on any atom is -0.481 e. The molecule has 0 aromatic heterocycles. The lowest BCUT2D eigenvalue weighted by atomic mass is 10.0. The van der Waals surface area contributed by atoms with E-state index in [9.17, 15) is 19.2 Å². The lowest BCUT2D eigenvalue weighted by Gasteiger charge is -2.22. The van der Waals surface area contributed by atoms with E-state index in [1.54, 1.807) is 6.92 Å². The molecule has 0 saturated carbocycles. The van der Waals surface area contributed by atoms with E-state index in [2.05, 4.69) is 16.0 Å². The fraction of sp³-hybridized carbons (Fsp3) is 0.667. The topological polar surface area (TPSA) is 125 Å². The van der Waals surface area contributed by atoms with E-state index in [0.29, 0.717) is 13.0 Å². The summed E-state index contributed by atoms with van der Waals surface area (Å²) in [5.74, 6) is -2.18. The first-order chi connectivity index (χ1) is 9.38. The third-order valence-corrected chi connectivity index (χ3v) is 2.90. The molecule has 1 aliphatic rings. The predicted molar refractivity (Wildman–Crippen MR) is 68.7 cm³/mol. The molecular weight excluding hydrogens is 266 g/mol. The van der Waals surface area contributed by atoms with E-state index in [1.165, 1.54) is 0 Å². The largest absolute Gasteiger partial charge is 0.481 e. The number of carboxylic acid groups (broad SMARTS) is 1. The maximum absolute atomic E-state index is 11.5. The first-order valence-electron chi connectivity index (χ1n) is 6.48. The molecule has 1 aliphatic heterocycles. The lowest BCUT2D eigenvalue weighted by Crippen LogP contribution is -2.53. The van der Waals surface area contributed by atoms with Crippen LogP contribution < -0.4 is 16.0 Å². The smallest absolute Gasteiger partial charge is 0.322 e. The summed E-state index contributed by atoms with van der Waals surface area (Å²) in [5, 5.41) is 15.7. The standard InChI is InChI=1S/C12H19N3O5/c1-7(6-10(17)18)5-9(16)15-12(20)14-8-3-2-4-13-11(8)19/h7-8H,2-6H2,1H3,(H,13,19)(H,17,18)(H2,14,15,16,20). The van der Waals surface area contributed by atoms with Crippen molar-refractivity contribution in [2.75, 3.05) is 6.54 Å². The van der Waals surface area contributed by atoms with Gasteiger partial charge in [-0.1, -0.05) is 6.92 Å². The van der Waals surface area contributed by atoms with Crippen molar-refractivity contribution in [3.05, 3.63) is 0 Å². The normalized spacial score (nSPS) is 19.6. The average Bonchev–Trinajstić information content (AvgIpc) is 2.30. The molecule has 0 aliphatic carbocycles. The molecule has 0 aromatic rings. The molecule has 20 heavy (non-hydrogen) atoms. The van der Waals surface area contributed by atoms with Crippen LogP contribution in [0.1, 0.15) is 32.6 Å². The van der Waals surface area contributed by atoms with Crippen LogP contribution >= 0.6 is 0 Å². The maximum Gasteiger partial charge on any atom is 0.322 e. The fourth-order valence-electron chi connectivity index (χ4n) is 1.97. The second-order valence-electron chi connectivity index (χ2n) is 4.91. The number of piperidine rings is 1. The molecule has 8 heteroatoms. The quantitative estimate of drug-likeness (QED) is 0.546. The molecule has 0 spiro atoms.